The Morgan fingerprint density at radius 3 is 2.29 bits per heavy atom. The van der Waals surface area contributed by atoms with Crippen molar-refractivity contribution in [3.05, 3.63) is 91.5 Å². The van der Waals surface area contributed by atoms with Crippen molar-refractivity contribution in [1.29, 1.82) is 0 Å². The summed E-state index contributed by atoms with van der Waals surface area (Å²) >= 11 is 0. The molecule has 192 valence electrons. The first-order valence-electron chi connectivity index (χ1n) is 12.6. The minimum Gasteiger partial charge on any atom is -0.481 e. The van der Waals surface area contributed by atoms with E-state index in [4.69, 9.17) is 9.84 Å². The second-order valence-corrected chi connectivity index (χ2v) is 12.0. The molecule has 8 heteroatoms. The summed E-state index contributed by atoms with van der Waals surface area (Å²) in [6.45, 7) is 2.07. The van der Waals surface area contributed by atoms with Gasteiger partial charge in [-0.2, -0.15) is 0 Å². The van der Waals surface area contributed by atoms with Crippen molar-refractivity contribution >= 4 is 35.5 Å². The van der Waals surface area contributed by atoms with Gasteiger partial charge in [-0.15, -0.1) is 0 Å². The second kappa shape index (κ2) is 11.1. The summed E-state index contributed by atoms with van der Waals surface area (Å²) in [5, 5.41) is 11.3. The molecule has 1 aliphatic rings. The number of pyridine rings is 2. The largest absolute Gasteiger partial charge is 0.481 e. The number of carbonyl (C=O) groups is 2. The maximum atomic E-state index is 15.1. The molecule has 0 saturated carbocycles. The molecule has 0 amide bonds. The van der Waals surface area contributed by atoms with Crippen molar-refractivity contribution in [2.75, 3.05) is 6.61 Å². The van der Waals surface area contributed by atoms with Gasteiger partial charge in [0.1, 0.15) is 6.54 Å². The zero-order valence-electron chi connectivity index (χ0n) is 20.9. The SMILES string of the molecule is O=COCCC[n+]1ccc2c(c1)P(=O)(c1ccccc1)c1cc(-c3cc[n+](CCCC(=O)O)cc3)ccc1-2. The predicted octanol–water partition coefficient (Wildman–Crippen LogP) is 2.98. The summed E-state index contributed by atoms with van der Waals surface area (Å²) in [7, 11) is -3.12. The fraction of sp³-hybridized carbons (Fsp3) is 0.200. The number of nitrogens with zero attached hydrogens (tertiary/aromatic N) is 2. The number of ether oxygens (including phenoxy) is 1. The third-order valence-electron chi connectivity index (χ3n) is 6.86. The molecule has 2 aromatic carbocycles. The van der Waals surface area contributed by atoms with Crippen molar-refractivity contribution in [2.24, 2.45) is 0 Å². The molecule has 1 aliphatic heterocycles. The molecule has 0 radical (unpaired) electrons. The lowest BCUT2D eigenvalue weighted by Gasteiger charge is -2.15. The molecule has 0 bridgehead atoms. The topological polar surface area (TPSA) is 88.4 Å². The lowest BCUT2D eigenvalue weighted by molar-refractivity contribution is -0.697. The van der Waals surface area contributed by atoms with E-state index in [1.807, 2.05) is 82.5 Å². The number of hydrogen-bond donors (Lipinski definition) is 1. The summed E-state index contributed by atoms with van der Waals surface area (Å²) in [4.78, 5) is 21.3. The molecule has 4 aromatic rings. The summed E-state index contributed by atoms with van der Waals surface area (Å²) in [5.41, 5.74) is 3.93. The number of carbonyl (C=O) groups excluding carboxylic acids is 1. The van der Waals surface area contributed by atoms with Crippen LogP contribution in [0.15, 0.2) is 91.5 Å². The third kappa shape index (κ3) is 5.02. The van der Waals surface area contributed by atoms with Crippen LogP contribution in [-0.2, 0) is 32.0 Å². The van der Waals surface area contributed by atoms with Gasteiger partial charge in [-0.1, -0.05) is 42.5 Å². The minimum absolute atomic E-state index is 0.140. The number of aliphatic carboxylic acids is 1. The molecular weight excluding hydrogens is 499 g/mol. The molecule has 0 saturated heterocycles. The molecule has 2 aromatic heterocycles. The minimum atomic E-state index is -3.12. The monoisotopic (exact) mass is 528 g/mol. The molecule has 0 spiro atoms. The van der Waals surface area contributed by atoms with Crippen LogP contribution < -0.4 is 25.0 Å². The summed E-state index contributed by atoms with van der Waals surface area (Å²) in [6, 6.07) is 21.9. The molecule has 0 aliphatic carbocycles. The van der Waals surface area contributed by atoms with E-state index < -0.39 is 13.1 Å². The predicted molar refractivity (Wildman–Crippen MR) is 144 cm³/mol. The molecule has 38 heavy (non-hydrogen) atoms. The van der Waals surface area contributed by atoms with Gasteiger partial charge in [0.15, 0.2) is 38.5 Å². The van der Waals surface area contributed by atoms with Gasteiger partial charge in [0.2, 0.25) is 0 Å². The van der Waals surface area contributed by atoms with E-state index in [-0.39, 0.29) is 6.42 Å². The van der Waals surface area contributed by atoms with E-state index >= 15 is 4.57 Å². The van der Waals surface area contributed by atoms with Crippen LogP contribution >= 0.6 is 7.14 Å². The fourth-order valence-electron chi connectivity index (χ4n) is 4.98. The van der Waals surface area contributed by atoms with Gasteiger partial charge < -0.3 is 14.4 Å². The number of rotatable bonds is 11. The molecule has 1 N–H and O–H groups in total. The average molecular weight is 529 g/mol. The maximum Gasteiger partial charge on any atom is 0.303 e. The van der Waals surface area contributed by atoms with Gasteiger partial charge in [-0.25, -0.2) is 9.13 Å². The van der Waals surface area contributed by atoms with E-state index in [1.165, 1.54) is 0 Å². The lowest BCUT2D eigenvalue weighted by atomic mass is 10.0. The van der Waals surface area contributed by atoms with E-state index in [2.05, 4.69) is 18.2 Å². The van der Waals surface area contributed by atoms with Gasteiger partial charge in [0.25, 0.3) is 6.47 Å². The van der Waals surface area contributed by atoms with Crippen LogP contribution in [0.25, 0.3) is 22.3 Å². The Morgan fingerprint density at radius 2 is 1.55 bits per heavy atom. The normalized spacial score (nSPS) is 15.5. The molecule has 1 unspecified atom stereocenters. The average Bonchev–Trinajstić information content (AvgIpc) is 3.20. The highest BCUT2D eigenvalue weighted by molar-refractivity contribution is 7.86. The van der Waals surface area contributed by atoms with Gasteiger partial charge in [-0.05, 0) is 22.8 Å². The van der Waals surface area contributed by atoms with Crippen molar-refractivity contribution in [3.63, 3.8) is 0 Å². The summed E-state index contributed by atoms with van der Waals surface area (Å²) in [6.07, 6.45) is 9.24. The molecule has 0 fully saturated rings. The Bertz CT molecular complexity index is 1520. The quantitative estimate of drug-likeness (QED) is 0.123. The van der Waals surface area contributed by atoms with Gasteiger partial charge in [0.05, 0.1) is 18.3 Å². The first-order chi connectivity index (χ1) is 18.5. The fourth-order valence-corrected chi connectivity index (χ4v) is 8.09. The number of benzene rings is 2. The Kier molecular flexibility index (Phi) is 7.47. The van der Waals surface area contributed by atoms with E-state index in [0.717, 1.165) is 38.2 Å². The van der Waals surface area contributed by atoms with Crippen LogP contribution in [0, 0.1) is 0 Å². The van der Waals surface area contributed by atoms with E-state index in [1.54, 1.807) is 0 Å². The molecular formula is C30H29N2O5P+2. The van der Waals surface area contributed by atoms with Crippen LogP contribution in [0.1, 0.15) is 19.3 Å². The van der Waals surface area contributed by atoms with Crippen molar-refractivity contribution in [2.45, 2.75) is 32.4 Å². The Balaban J connectivity index is 1.51. The van der Waals surface area contributed by atoms with Crippen LogP contribution in [0.3, 0.4) is 0 Å². The number of carboxylic acids is 1. The number of hydrogen-bond acceptors (Lipinski definition) is 4. The highest BCUT2D eigenvalue weighted by atomic mass is 31.2. The second-order valence-electron chi connectivity index (χ2n) is 9.30. The first kappa shape index (κ1) is 25.6. The number of carboxylic acid groups (broad SMARTS) is 1. The molecule has 7 nitrogen and oxygen atoms in total. The van der Waals surface area contributed by atoms with Crippen molar-refractivity contribution in [3.8, 4) is 22.3 Å². The highest BCUT2D eigenvalue weighted by Crippen LogP contribution is 2.52. The maximum absolute atomic E-state index is 15.1. The Morgan fingerprint density at radius 1 is 0.842 bits per heavy atom. The van der Waals surface area contributed by atoms with Gasteiger partial charge in [0, 0.05) is 47.2 Å². The van der Waals surface area contributed by atoms with Crippen LogP contribution in [0.4, 0.5) is 0 Å². The lowest BCUT2D eigenvalue weighted by Crippen LogP contribution is -2.37. The van der Waals surface area contributed by atoms with Crippen molar-refractivity contribution < 1.29 is 33.1 Å². The smallest absolute Gasteiger partial charge is 0.303 e. The zero-order chi connectivity index (χ0) is 26.5. The van der Waals surface area contributed by atoms with Crippen LogP contribution in [0.5, 0.6) is 0 Å². The van der Waals surface area contributed by atoms with Crippen LogP contribution in [-0.4, -0.2) is 24.2 Å². The summed E-state index contributed by atoms with van der Waals surface area (Å²) in [5.74, 6) is -0.790. The van der Waals surface area contributed by atoms with E-state index in [9.17, 15) is 9.59 Å². The Hall–Kier alpha value is -4.09. The molecule has 1 atom stereocenters. The zero-order valence-corrected chi connectivity index (χ0v) is 21.8. The standard InChI is InChI=1S/C30H28N2O5P/c33-22-37-19-5-15-32-18-13-27-26-10-9-24(23-11-16-31(17-12-23)14-4-8-30(34)35)20-28(26)38(36,29(27)21-32)25-6-2-1-3-7-25/h1-3,6-7,9-13,16-18,20-22H,4-5,8,14-15,19H2/q+1/p+1. The summed E-state index contributed by atoms with van der Waals surface area (Å²) < 4.78 is 23.9. The van der Waals surface area contributed by atoms with Crippen molar-refractivity contribution in [1.82, 2.24) is 0 Å². The number of aromatic nitrogens is 2. The number of aryl methyl sites for hydroxylation is 2. The third-order valence-corrected chi connectivity index (χ3v) is 9.97. The molecule has 5 rings (SSSR count). The Labute approximate surface area is 221 Å². The van der Waals surface area contributed by atoms with Gasteiger partial charge in [-0.3, -0.25) is 9.59 Å². The highest BCUT2D eigenvalue weighted by Gasteiger charge is 2.42. The first-order valence-corrected chi connectivity index (χ1v) is 14.3. The van der Waals surface area contributed by atoms with Gasteiger partial charge >= 0.3 is 5.97 Å². The van der Waals surface area contributed by atoms with E-state index in [0.29, 0.717) is 39.0 Å². The molecule has 3 heterocycles. The number of fused-ring (bicyclic) bond motifs is 3. The van der Waals surface area contributed by atoms with Crippen LogP contribution in [0.2, 0.25) is 0 Å².